The van der Waals surface area contributed by atoms with Gasteiger partial charge >= 0.3 is 0 Å². The molecule has 0 radical (unpaired) electrons. The molecule has 0 aromatic heterocycles. The van der Waals surface area contributed by atoms with Crippen LogP contribution in [0.3, 0.4) is 0 Å². The summed E-state index contributed by atoms with van der Waals surface area (Å²) >= 11 is 0. The van der Waals surface area contributed by atoms with Crippen molar-refractivity contribution in [1.82, 2.24) is 0 Å². The quantitative estimate of drug-likeness (QED) is 0.590. The summed E-state index contributed by atoms with van der Waals surface area (Å²) in [6.45, 7) is 6.27. The molecule has 0 aliphatic heterocycles. The molecule has 0 fully saturated rings. The molecule has 1 atom stereocenters. The zero-order valence-electron chi connectivity index (χ0n) is 13.7. The van der Waals surface area contributed by atoms with E-state index in [0.29, 0.717) is 5.92 Å². The van der Waals surface area contributed by atoms with Gasteiger partial charge in [0, 0.05) is 0 Å². The van der Waals surface area contributed by atoms with Crippen molar-refractivity contribution in [3.63, 3.8) is 0 Å². The lowest BCUT2D eigenvalue weighted by molar-refractivity contribution is 0.735. The molecule has 1 aliphatic rings. The lowest BCUT2D eigenvalue weighted by atomic mass is 10.0. The van der Waals surface area contributed by atoms with E-state index in [1.165, 1.54) is 14.7 Å². The highest BCUT2D eigenvalue weighted by Crippen LogP contribution is 2.33. The molecule has 0 nitrogen and oxygen atoms in total. The van der Waals surface area contributed by atoms with Gasteiger partial charge in [0.2, 0.25) is 0 Å². The minimum Gasteiger partial charge on any atom is -0.0764 e. The summed E-state index contributed by atoms with van der Waals surface area (Å²) in [5.41, 5.74) is 0. The monoisotopic (exact) mass is 309 g/mol. The Labute approximate surface area is 137 Å². The predicted molar refractivity (Wildman–Crippen MR) is 99.1 cm³/mol. The SMILES string of the molecule is CC.CC1C=CC([S+](c2ccccc2)c2ccccc2)=CC1. The van der Waals surface area contributed by atoms with Gasteiger partial charge in [-0.1, -0.05) is 63.2 Å². The summed E-state index contributed by atoms with van der Waals surface area (Å²) < 4.78 is 0. The predicted octanol–water partition coefficient (Wildman–Crippen LogP) is 6.23. The summed E-state index contributed by atoms with van der Waals surface area (Å²) in [6, 6.07) is 21.7. The number of allylic oxidation sites excluding steroid dienone is 3. The van der Waals surface area contributed by atoms with E-state index in [4.69, 9.17) is 0 Å². The van der Waals surface area contributed by atoms with Gasteiger partial charge < -0.3 is 0 Å². The van der Waals surface area contributed by atoms with Crippen LogP contribution in [0.1, 0.15) is 27.2 Å². The van der Waals surface area contributed by atoms with Crippen LogP contribution in [0.5, 0.6) is 0 Å². The first-order valence-corrected chi connectivity index (χ1v) is 9.30. The zero-order valence-corrected chi connectivity index (χ0v) is 14.5. The first-order chi connectivity index (χ1) is 10.8. The van der Waals surface area contributed by atoms with Crippen molar-refractivity contribution >= 4 is 10.9 Å². The standard InChI is InChI=1S/C19H19S.C2H6/c1-16-12-14-19(15-13-16)20(17-8-4-2-5-9-17)18-10-6-3-7-11-18;1-2/h2-12,14-16H,13H2,1H3;1-2H3/q+1;. The third-order valence-electron chi connectivity index (χ3n) is 3.47. The van der Waals surface area contributed by atoms with E-state index in [0.717, 1.165) is 6.42 Å². The van der Waals surface area contributed by atoms with Gasteiger partial charge in [0.1, 0.15) is 0 Å². The Morgan fingerprint density at radius 2 is 1.32 bits per heavy atom. The number of rotatable bonds is 3. The van der Waals surface area contributed by atoms with Gasteiger partial charge in [0.15, 0.2) is 14.7 Å². The number of benzene rings is 2. The van der Waals surface area contributed by atoms with Crippen LogP contribution in [0, 0.1) is 5.92 Å². The lowest BCUT2D eigenvalue weighted by Gasteiger charge is -2.13. The van der Waals surface area contributed by atoms with E-state index in [1.54, 1.807) is 0 Å². The number of hydrogen-bond donors (Lipinski definition) is 0. The van der Waals surface area contributed by atoms with Crippen LogP contribution in [0.2, 0.25) is 0 Å². The second kappa shape index (κ2) is 8.65. The van der Waals surface area contributed by atoms with E-state index in [9.17, 15) is 0 Å². The van der Waals surface area contributed by atoms with Gasteiger partial charge in [0.25, 0.3) is 0 Å². The maximum atomic E-state index is 2.41. The van der Waals surface area contributed by atoms with Crippen LogP contribution < -0.4 is 0 Å². The van der Waals surface area contributed by atoms with Crippen molar-refractivity contribution in [3.8, 4) is 0 Å². The molecule has 1 heteroatoms. The van der Waals surface area contributed by atoms with Crippen LogP contribution >= 0.6 is 0 Å². The van der Waals surface area contributed by atoms with Crippen molar-refractivity contribution in [2.24, 2.45) is 5.92 Å². The van der Waals surface area contributed by atoms with E-state index >= 15 is 0 Å². The highest BCUT2D eigenvalue weighted by Gasteiger charge is 2.30. The van der Waals surface area contributed by atoms with Gasteiger partial charge in [-0.15, -0.1) is 0 Å². The Morgan fingerprint density at radius 3 is 1.73 bits per heavy atom. The molecule has 3 rings (SSSR count). The first-order valence-electron chi connectivity index (χ1n) is 8.07. The average molecular weight is 309 g/mol. The molecular formula is C21H25S+. The topological polar surface area (TPSA) is 0 Å². The Hall–Kier alpha value is -1.73. The fraction of sp³-hybridized carbons (Fsp3) is 0.238. The van der Waals surface area contributed by atoms with Crippen molar-refractivity contribution < 1.29 is 0 Å². The molecule has 0 saturated carbocycles. The summed E-state index contributed by atoms with van der Waals surface area (Å²) in [7, 11) is 0.0217. The molecule has 2 aromatic carbocycles. The fourth-order valence-corrected chi connectivity index (χ4v) is 4.53. The van der Waals surface area contributed by atoms with E-state index in [2.05, 4.69) is 85.8 Å². The van der Waals surface area contributed by atoms with E-state index in [-0.39, 0.29) is 10.9 Å². The van der Waals surface area contributed by atoms with Crippen LogP contribution in [-0.2, 0) is 10.9 Å². The van der Waals surface area contributed by atoms with E-state index in [1.807, 2.05) is 13.8 Å². The Morgan fingerprint density at radius 1 is 0.818 bits per heavy atom. The summed E-state index contributed by atoms with van der Waals surface area (Å²) in [6.07, 6.45) is 8.21. The van der Waals surface area contributed by atoms with Gasteiger partial charge in [-0.2, -0.15) is 0 Å². The molecule has 1 aliphatic carbocycles. The van der Waals surface area contributed by atoms with Gasteiger partial charge in [-0.3, -0.25) is 0 Å². The van der Waals surface area contributed by atoms with Crippen molar-refractivity contribution in [2.75, 3.05) is 0 Å². The summed E-state index contributed by atoms with van der Waals surface area (Å²) in [5, 5.41) is 0. The highest BCUT2D eigenvalue weighted by atomic mass is 32.2. The third kappa shape index (κ3) is 4.14. The lowest BCUT2D eigenvalue weighted by Crippen LogP contribution is -2.08. The van der Waals surface area contributed by atoms with Crippen LogP contribution in [0.25, 0.3) is 0 Å². The normalized spacial score (nSPS) is 16.7. The van der Waals surface area contributed by atoms with Crippen LogP contribution in [0.15, 0.2) is 93.6 Å². The zero-order chi connectivity index (χ0) is 15.8. The van der Waals surface area contributed by atoms with Gasteiger partial charge in [0.05, 0.1) is 10.9 Å². The molecule has 0 heterocycles. The second-order valence-electron chi connectivity index (χ2n) is 5.11. The molecule has 0 saturated heterocycles. The molecule has 0 spiro atoms. The fourth-order valence-electron chi connectivity index (χ4n) is 2.38. The Bertz CT molecular complexity index is 571. The first kappa shape index (κ1) is 16.6. The molecule has 114 valence electrons. The van der Waals surface area contributed by atoms with Gasteiger partial charge in [-0.05, 0) is 48.8 Å². The van der Waals surface area contributed by atoms with Gasteiger partial charge in [-0.25, -0.2) is 0 Å². The number of hydrogen-bond acceptors (Lipinski definition) is 0. The minimum atomic E-state index is 0.0217. The maximum absolute atomic E-state index is 2.41. The Balaban J connectivity index is 0.000000847. The molecule has 1 unspecified atom stereocenters. The minimum absolute atomic E-state index is 0.0217. The molecule has 0 N–H and O–H groups in total. The molecule has 2 aromatic rings. The second-order valence-corrected chi connectivity index (χ2v) is 7.14. The molecule has 0 amide bonds. The van der Waals surface area contributed by atoms with Crippen molar-refractivity contribution in [3.05, 3.63) is 83.8 Å². The maximum Gasteiger partial charge on any atom is 0.166 e. The van der Waals surface area contributed by atoms with Crippen LogP contribution in [-0.4, -0.2) is 0 Å². The molecule has 0 bridgehead atoms. The van der Waals surface area contributed by atoms with Crippen molar-refractivity contribution in [1.29, 1.82) is 0 Å². The largest absolute Gasteiger partial charge is 0.166 e. The molecular weight excluding hydrogens is 284 g/mol. The highest BCUT2D eigenvalue weighted by molar-refractivity contribution is 8.00. The Kier molecular flexibility index (Phi) is 6.54. The van der Waals surface area contributed by atoms with Crippen molar-refractivity contribution in [2.45, 2.75) is 37.0 Å². The summed E-state index contributed by atoms with van der Waals surface area (Å²) in [4.78, 5) is 4.23. The third-order valence-corrected chi connectivity index (χ3v) is 5.73. The molecule has 22 heavy (non-hydrogen) atoms. The van der Waals surface area contributed by atoms with E-state index < -0.39 is 0 Å². The average Bonchev–Trinajstić information content (AvgIpc) is 2.61. The smallest absolute Gasteiger partial charge is 0.0764 e. The van der Waals surface area contributed by atoms with Crippen LogP contribution in [0.4, 0.5) is 0 Å². The summed E-state index contributed by atoms with van der Waals surface area (Å²) in [5.74, 6) is 0.663.